The fourth-order valence-corrected chi connectivity index (χ4v) is 3.53. The van der Waals surface area contributed by atoms with Gasteiger partial charge in [0.1, 0.15) is 12.4 Å². The first-order chi connectivity index (χ1) is 14.1. The van der Waals surface area contributed by atoms with Gasteiger partial charge in [-0.1, -0.05) is 31.0 Å². The molecule has 0 aliphatic heterocycles. The lowest BCUT2D eigenvalue weighted by Gasteiger charge is -2.15. The second-order valence-corrected chi connectivity index (χ2v) is 7.86. The minimum atomic E-state index is -0.396. The minimum absolute atomic E-state index is 0.0100. The zero-order valence-corrected chi connectivity index (χ0v) is 19.2. The molecule has 4 nitrogen and oxygen atoms in total. The van der Waals surface area contributed by atoms with Crippen LogP contribution in [0.25, 0.3) is 0 Å². The number of unbranched alkanes of at least 4 members (excludes halogenated alkanes) is 1. The first kappa shape index (κ1) is 23.9. The van der Waals surface area contributed by atoms with Crippen LogP contribution in [0.1, 0.15) is 37.3 Å². The quantitative estimate of drug-likeness (QED) is 0.345. The number of benzene rings is 2. The molecule has 2 rings (SSSR count). The van der Waals surface area contributed by atoms with Crippen molar-refractivity contribution in [3.63, 3.8) is 0 Å². The minimum Gasteiger partial charge on any atom is -0.493 e. The molecule has 0 amide bonds. The summed E-state index contributed by atoms with van der Waals surface area (Å²) in [6.45, 7) is 5.34. The first-order valence-corrected chi connectivity index (χ1v) is 10.9. The van der Waals surface area contributed by atoms with Crippen molar-refractivity contribution in [2.24, 2.45) is 0 Å². The van der Waals surface area contributed by atoms with Gasteiger partial charge in [0.15, 0.2) is 11.5 Å². The number of halogens is 3. The second kappa shape index (κ2) is 13.1. The van der Waals surface area contributed by atoms with Gasteiger partial charge in [-0.3, -0.25) is 0 Å². The standard InChI is InChI=1S/C22H28BrClFNO3/c1-3-4-10-28-11-6-9-26-14-16-12-18(23)22(21(13-16)27-2)29-15-17-19(24)7-5-8-20(17)25/h5,7-8,12-13,26H,3-4,6,9-11,14-15H2,1-2H3. The SMILES string of the molecule is CCCCOCCCNCc1cc(Br)c(OCc2c(F)cccc2Cl)c(OC)c1. The number of rotatable bonds is 13. The van der Waals surface area contributed by atoms with Crippen molar-refractivity contribution in [1.29, 1.82) is 0 Å². The Morgan fingerprint density at radius 1 is 1.17 bits per heavy atom. The molecule has 7 heteroatoms. The molecule has 1 N–H and O–H groups in total. The molecule has 0 saturated heterocycles. The Morgan fingerprint density at radius 2 is 1.97 bits per heavy atom. The molecule has 0 unspecified atom stereocenters. The van der Waals surface area contributed by atoms with Crippen LogP contribution in [-0.2, 0) is 17.9 Å². The van der Waals surface area contributed by atoms with Gasteiger partial charge in [0.05, 0.1) is 16.6 Å². The van der Waals surface area contributed by atoms with Gasteiger partial charge in [0.2, 0.25) is 0 Å². The molecule has 2 aromatic rings. The summed E-state index contributed by atoms with van der Waals surface area (Å²) < 4.78 is 31.5. The topological polar surface area (TPSA) is 39.7 Å². The van der Waals surface area contributed by atoms with Crippen molar-refractivity contribution in [1.82, 2.24) is 5.32 Å². The average molecular weight is 489 g/mol. The van der Waals surface area contributed by atoms with Crippen LogP contribution in [-0.4, -0.2) is 26.9 Å². The van der Waals surface area contributed by atoms with E-state index in [9.17, 15) is 4.39 Å². The van der Waals surface area contributed by atoms with Crippen LogP contribution in [0.3, 0.4) is 0 Å². The molecule has 29 heavy (non-hydrogen) atoms. The van der Waals surface area contributed by atoms with E-state index >= 15 is 0 Å². The Bertz CT molecular complexity index is 756. The van der Waals surface area contributed by atoms with Crippen LogP contribution in [0.4, 0.5) is 4.39 Å². The maximum absolute atomic E-state index is 14.0. The Morgan fingerprint density at radius 3 is 2.69 bits per heavy atom. The molecule has 0 aliphatic carbocycles. The van der Waals surface area contributed by atoms with Crippen LogP contribution >= 0.6 is 27.5 Å². The molecular formula is C22H28BrClFNO3. The largest absolute Gasteiger partial charge is 0.493 e. The zero-order valence-electron chi connectivity index (χ0n) is 16.9. The van der Waals surface area contributed by atoms with E-state index in [4.69, 9.17) is 25.8 Å². The van der Waals surface area contributed by atoms with Gasteiger partial charge in [-0.25, -0.2) is 4.39 Å². The van der Waals surface area contributed by atoms with E-state index in [1.165, 1.54) is 6.07 Å². The normalized spacial score (nSPS) is 10.9. The van der Waals surface area contributed by atoms with Crippen molar-refractivity contribution in [3.8, 4) is 11.5 Å². The third-order valence-electron chi connectivity index (χ3n) is 4.33. The van der Waals surface area contributed by atoms with Gasteiger partial charge in [-0.15, -0.1) is 0 Å². The Balaban J connectivity index is 1.90. The van der Waals surface area contributed by atoms with E-state index in [1.54, 1.807) is 19.2 Å². The maximum atomic E-state index is 14.0. The highest BCUT2D eigenvalue weighted by atomic mass is 79.9. The molecule has 0 heterocycles. The third kappa shape index (κ3) is 7.78. The lowest BCUT2D eigenvalue weighted by atomic mass is 10.2. The first-order valence-electron chi connectivity index (χ1n) is 9.77. The van der Waals surface area contributed by atoms with Crippen molar-refractivity contribution in [2.45, 2.75) is 39.3 Å². The molecule has 0 spiro atoms. The van der Waals surface area contributed by atoms with E-state index in [0.717, 1.165) is 49.1 Å². The van der Waals surface area contributed by atoms with E-state index < -0.39 is 5.82 Å². The molecule has 160 valence electrons. The summed E-state index contributed by atoms with van der Waals surface area (Å²) in [5.74, 6) is 0.693. The highest BCUT2D eigenvalue weighted by Gasteiger charge is 2.14. The fourth-order valence-electron chi connectivity index (χ4n) is 2.71. The van der Waals surface area contributed by atoms with Gasteiger partial charge in [-0.05, 0) is 65.1 Å². The van der Waals surface area contributed by atoms with E-state index in [-0.39, 0.29) is 6.61 Å². The van der Waals surface area contributed by atoms with Crippen molar-refractivity contribution in [3.05, 3.63) is 56.8 Å². The molecule has 0 aliphatic rings. The van der Waals surface area contributed by atoms with Crippen LogP contribution in [0, 0.1) is 5.82 Å². The molecule has 0 fully saturated rings. The number of hydrogen-bond donors (Lipinski definition) is 1. The third-order valence-corrected chi connectivity index (χ3v) is 5.27. The zero-order chi connectivity index (χ0) is 21.1. The summed E-state index contributed by atoms with van der Waals surface area (Å²) in [5.41, 5.74) is 1.37. The highest BCUT2D eigenvalue weighted by Crippen LogP contribution is 2.37. The van der Waals surface area contributed by atoms with Crippen LogP contribution in [0.15, 0.2) is 34.8 Å². The highest BCUT2D eigenvalue weighted by molar-refractivity contribution is 9.10. The fraction of sp³-hybridized carbons (Fsp3) is 0.455. The van der Waals surface area contributed by atoms with Gasteiger partial charge >= 0.3 is 0 Å². The van der Waals surface area contributed by atoms with Crippen molar-refractivity contribution < 1.29 is 18.6 Å². The molecular weight excluding hydrogens is 461 g/mol. The number of ether oxygens (including phenoxy) is 3. The summed E-state index contributed by atoms with van der Waals surface area (Å²) in [7, 11) is 1.58. The summed E-state index contributed by atoms with van der Waals surface area (Å²) in [4.78, 5) is 0. The molecule has 0 aromatic heterocycles. The Kier molecular flexibility index (Phi) is 10.8. The maximum Gasteiger partial charge on any atom is 0.175 e. The summed E-state index contributed by atoms with van der Waals surface area (Å²) in [6, 6.07) is 8.44. The van der Waals surface area contributed by atoms with Gasteiger partial charge in [0.25, 0.3) is 0 Å². The summed E-state index contributed by atoms with van der Waals surface area (Å²) >= 11 is 9.60. The predicted octanol–water partition coefficient (Wildman–Crippen LogP) is 6.13. The van der Waals surface area contributed by atoms with Gasteiger partial charge < -0.3 is 19.5 Å². The predicted molar refractivity (Wildman–Crippen MR) is 118 cm³/mol. The van der Waals surface area contributed by atoms with E-state index in [2.05, 4.69) is 28.2 Å². The number of hydrogen-bond acceptors (Lipinski definition) is 4. The smallest absolute Gasteiger partial charge is 0.175 e. The molecule has 0 bridgehead atoms. The summed E-state index contributed by atoms with van der Waals surface area (Å²) in [5, 5.41) is 3.73. The van der Waals surface area contributed by atoms with Gasteiger partial charge in [0, 0.05) is 25.3 Å². The van der Waals surface area contributed by atoms with Crippen molar-refractivity contribution in [2.75, 3.05) is 26.9 Å². The second-order valence-electron chi connectivity index (χ2n) is 6.59. The Hall–Kier alpha value is -1.34. The molecule has 0 radical (unpaired) electrons. The summed E-state index contributed by atoms with van der Waals surface area (Å²) in [6.07, 6.45) is 3.23. The molecule has 0 saturated carbocycles. The van der Waals surface area contributed by atoms with Crippen LogP contribution < -0.4 is 14.8 Å². The van der Waals surface area contributed by atoms with Crippen LogP contribution in [0.5, 0.6) is 11.5 Å². The number of nitrogens with one attached hydrogen (secondary N) is 1. The van der Waals surface area contributed by atoms with Crippen LogP contribution in [0.2, 0.25) is 5.02 Å². The monoisotopic (exact) mass is 487 g/mol. The van der Waals surface area contributed by atoms with E-state index in [0.29, 0.717) is 28.6 Å². The van der Waals surface area contributed by atoms with Crippen molar-refractivity contribution >= 4 is 27.5 Å². The molecule has 2 aromatic carbocycles. The van der Waals surface area contributed by atoms with Gasteiger partial charge in [-0.2, -0.15) is 0 Å². The Labute approximate surface area is 185 Å². The number of methoxy groups -OCH3 is 1. The lowest BCUT2D eigenvalue weighted by Crippen LogP contribution is -2.16. The molecule has 0 atom stereocenters. The van der Waals surface area contributed by atoms with E-state index in [1.807, 2.05) is 12.1 Å². The lowest BCUT2D eigenvalue weighted by molar-refractivity contribution is 0.129. The average Bonchev–Trinajstić information content (AvgIpc) is 2.70.